The summed E-state index contributed by atoms with van der Waals surface area (Å²) in [6.45, 7) is 8.99. The smallest absolute Gasteiger partial charge is 0.410 e. The van der Waals surface area contributed by atoms with Gasteiger partial charge in [-0.25, -0.2) is 9.59 Å². The molecule has 1 unspecified atom stereocenters. The van der Waals surface area contributed by atoms with Crippen molar-refractivity contribution < 1.29 is 24.2 Å². The maximum Gasteiger partial charge on any atom is 0.410 e. The molecule has 2 N–H and O–H groups in total. The topological polar surface area (TPSA) is 84.9 Å². The number of hydrogen-bond acceptors (Lipinski definition) is 5. The van der Waals surface area contributed by atoms with Crippen LogP contribution in [0.3, 0.4) is 0 Å². The first-order valence-corrected chi connectivity index (χ1v) is 5.01. The van der Waals surface area contributed by atoms with Crippen LogP contribution in [0.15, 0.2) is 0 Å². The molecule has 0 aromatic heterocycles. The molecule has 0 radical (unpaired) electrons. The number of ether oxygens (including phenoxy) is 2. The van der Waals surface area contributed by atoms with Crippen molar-refractivity contribution in [1.82, 2.24) is 5.32 Å². The molecule has 0 aliphatic carbocycles. The Morgan fingerprint density at radius 3 is 2.00 bits per heavy atom. The van der Waals surface area contributed by atoms with E-state index in [1.165, 1.54) is 0 Å². The molecule has 0 aromatic rings. The highest BCUT2D eigenvalue weighted by molar-refractivity contribution is 5.79. The van der Waals surface area contributed by atoms with Gasteiger partial charge in [-0.05, 0) is 20.8 Å². The van der Waals surface area contributed by atoms with E-state index in [2.05, 4.69) is 4.74 Å². The Hall–Kier alpha value is -1.30. The summed E-state index contributed by atoms with van der Waals surface area (Å²) >= 11 is 0. The van der Waals surface area contributed by atoms with E-state index in [4.69, 9.17) is 9.84 Å². The zero-order chi connectivity index (χ0) is 13.4. The summed E-state index contributed by atoms with van der Waals surface area (Å²) in [6.07, 6.45) is -2.58. The van der Waals surface area contributed by atoms with Crippen molar-refractivity contribution in [3.05, 3.63) is 0 Å². The lowest BCUT2D eigenvalue weighted by Gasteiger charge is -2.20. The third-order valence-corrected chi connectivity index (χ3v) is 1.08. The number of alkyl carbamates (subject to hydrolysis) is 1. The molecular weight excluding hydrogens is 214 g/mol. The average molecular weight is 235 g/mol. The molecule has 96 valence electrons. The van der Waals surface area contributed by atoms with Crippen LogP contribution in [0.25, 0.3) is 0 Å². The van der Waals surface area contributed by atoms with Gasteiger partial charge in [0.2, 0.25) is 6.23 Å². The predicted molar refractivity (Wildman–Crippen MR) is 58.7 cm³/mol. The highest BCUT2D eigenvalue weighted by Gasteiger charge is 2.22. The van der Waals surface area contributed by atoms with E-state index >= 15 is 0 Å². The van der Waals surface area contributed by atoms with Gasteiger partial charge in [0.15, 0.2) is 0 Å². The zero-order valence-corrected chi connectivity index (χ0v) is 10.7. The van der Waals surface area contributed by atoms with Crippen LogP contribution in [0, 0.1) is 0 Å². The van der Waals surface area contributed by atoms with Crippen LogP contribution in [0.1, 0.15) is 34.6 Å². The number of carbonyl (C=O) groups excluding carboxylic acids is 2. The van der Waals surface area contributed by atoms with Gasteiger partial charge in [-0.3, -0.25) is 5.32 Å². The van der Waals surface area contributed by atoms with Crippen molar-refractivity contribution in [2.75, 3.05) is 7.11 Å². The number of aliphatic hydroxyl groups excluding tert-OH is 1. The maximum atomic E-state index is 11.0. The van der Waals surface area contributed by atoms with Crippen LogP contribution < -0.4 is 5.32 Å². The first-order valence-electron chi connectivity index (χ1n) is 5.01. The number of carbonyl (C=O) groups is 2. The number of amides is 1. The molecule has 1 atom stereocenters. The summed E-state index contributed by atoms with van der Waals surface area (Å²) in [5.74, 6) is -0.948. The van der Waals surface area contributed by atoms with Gasteiger partial charge in [-0.15, -0.1) is 0 Å². The van der Waals surface area contributed by atoms with Crippen molar-refractivity contribution in [2.45, 2.75) is 46.4 Å². The van der Waals surface area contributed by atoms with Crippen molar-refractivity contribution in [2.24, 2.45) is 0 Å². The first kappa shape index (κ1) is 17.1. The highest BCUT2D eigenvalue weighted by atomic mass is 16.6. The predicted octanol–water partition coefficient (Wildman–Crippen LogP) is 1.03. The van der Waals surface area contributed by atoms with Gasteiger partial charge in [0.05, 0.1) is 7.11 Å². The van der Waals surface area contributed by atoms with Crippen molar-refractivity contribution in [1.29, 1.82) is 0 Å². The standard InChI is InChI=1S/C8H15NO5.C2H6/c1-8(2,3)14-7(12)9-5(10)6(11)13-4;1-2/h5,10H,1-4H3,(H,9,12);1-2H3. The van der Waals surface area contributed by atoms with Crippen molar-refractivity contribution in [3.8, 4) is 0 Å². The lowest BCUT2D eigenvalue weighted by Crippen LogP contribution is -2.43. The van der Waals surface area contributed by atoms with E-state index in [9.17, 15) is 9.59 Å². The lowest BCUT2D eigenvalue weighted by atomic mass is 10.2. The second-order valence-electron chi connectivity index (χ2n) is 3.57. The second-order valence-corrected chi connectivity index (χ2v) is 3.57. The Morgan fingerprint density at radius 1 is 1.25 bits per heavy atom. The van der Waals surface area contributed by atoms with Gasteiger partial charge < -0.3 is 14.6 Å². The number of esters is 1. The molecule has 6 heteroatoms. The fourth-order valence-corrected chi connectivity index (χ4v) is 0.590. The summed E-state index contributed by atoms with van der Waals surface area (Å²) in [4.78, 5) is 21.7. The van der Waals surface area contributed by atoms with E-state index in [-0.39, 0.29) is 0 Å². The molecule has 0 aliphatic heterocycles. The van der Waals surface area contributed by atoms with E-state index in [1.54, 1.807) is 20.8 Å². The Labute approximate surface area is 95.9 Å². The Bertz CT molecular complexity index is 222. The fourth-order valence-electron chi connectivity index (χ4n) is 0.590. The molecule has 0 bridgehead atoms. The van der Waals surface area contributed by atoms with Crippen LogP contribution in [-0.2, 0) is 14.3 Å². The molecule has 0 spiro atoms. The SMILES string of the molecule is CC.COC(=O)C(O)NC(=O)OC(C)(C)C. The highest BCUT2D eigenvalue weighted by Crippen LogP contribution is 2.06. The summed E-state index contributed by atoms with van der Waals surface area (Å²) < 4.78 is 8.97. The molecule has 0 fully saturated rings. The van der Waals surface area contributed by atoms with Gasteiger partial charge in [-0.1, -0.05) is 13.8 Å². The van der Waals surface area contributed by atoms with E-state index < -0.39 is 23.9 Å². The molecule has 0 saturated heterocycles. The van der Waals surface area contributed by atoms with Gasteiger partial charge in [0.1, 0.15) is 5.60 Å². The maximum absolute atomic E-state index is 11.0. The number of hydrogen-bond donors (Lipinski definition) is 2. The molecule has 0 heterocycles. The van der Waals surface area contributed by atoms with Crippen LogP contribution in [-0.4, -0.2) is 36.1 Å². The first-order chi connectivity index (χ1) is 7.26. The second kappa shape index (κ2) is 7.92. The normalized spacial score (nSPS) is 11.7. The van der Waals surface area contributed by atoms with Gasteiger partial charge in [0.25, 0.3) is 0 Å². The van der Waals surface area contributed by atoms with Gasteiger partial charge >= 0.3 is 12.1 Å². The van der Waals surface area contributed by atoms with E-state index in [0.29, 0.717) is 0 Å². The summed E-state index contributed by atoms with van der Waals surface area (Å²) in [5, 5.41) is 10.9. The number of rotatable bonds is 2. The fraction of sp³-hybridized carbons (Fsp3) is 0.800. The third kappa shape index (κ3) is 9.26. The van der Waals surface area contributed by atoms with Crippen LogP contribution in [0.2, 0.25) is 0 Å². The lowest BCUT2D eigenvalue weighted by molar-refractivity contribution is -0.152. The molecule has 0 saturated carbocycles. The monoisotopic (exact) mass is 235 g/mol. The summed E-state index contributed by atoms with van der Waals surface area (Å²) in [5.41, 5.74) is -0.681. The van der Waals surface area contributed by atoms with Crippen LogP contribution in [0.5, 0.6) is 0 Å². The molecule has 6 nitrogen and oxygen atoms in total. The van der Waals surface area contributed by atoms with Crippen molar-refractivity contribution in [3.63, 3.8) is 0 Å². The Balaban J connectivity index is 0. The number of nitrogens with one attached hydrogen (secondary N) is 1. The minimum absolute atomic E-state index is 0.681. The minimum Gasteiger partial charge on any atom is -0.466 e. The molecule has 16 heavy (non-hydrogen) atoms. The van der Waals surface area contributed by atoms with Crippen LogP contribution >= 0.6 is 0 Å². The Kier molecular flexibility index (Phi) is 8.47. The molecule has 0 aliphatic rings. The van der Waals surface area contributed by atoms with Crippen LogP contribution in [0.4, 0.5) is 4.79 Å². The average Bonchev–Trinajstić information content (AvgIpc) is 2.16. The quantitative estimate of drug-likeness (QED) is 0.551. The third-order valence-electron chi connectivity index (χ3n) is 1.08. The van der Waals surface area contributed by atoms with E-state index in [0.717, 1.165) is 7.11 Å². The van der Waals surface area contributed by atoms with E-state index in [1.807, 2.05) is 19.2 Å². The zero-order valence-electron chi connectivity index (χ0n) is 10.7. The molecule has 0 rings (SSSR count). The number of aliphatic hydroxyl groups is 1. The largest absolute Gasteiger partial charge is 0.466 e. The minimum atomic E-state index is -1.70. The van der Waals surface area contributed by atoms with Crippen molar-refractivity contribution >= 4 is 12.1 Å². The molecule has 1 amide bonds. The summed E-state index contributed by atoms with van der Waals surface area (Å²) in [7, 11) is 1.10. The Morgan fingerprint density at radius 2 is 1.69 bits per heavy atom. The van der Waals surface area contributed by atoms with Gasteiger partial charge in [-0.2, -0.15) is 0 Å². The van der Waals surface area contributed by atoms with Gasteiger partial charge in [0, 0.05) is 0 Å². The molecular formula is C10H21NO5. The number of methoxy groups -OCH3 is 1. The molecule has 0 aromatic carbocycles. The summed E-state index contributed by atoms with van der Waals surface area (Å²) in [6, 6.07) is 0.